The fourth-order valence-corrected chi connectivity index (χ4v) is 2.11. The summed E-state index contributed by atoms with van der Waals surface area (Å²) in [5.41, 5.74) is 0.884. The van der Waals surface area contributed by atoms with Crippen molar-refractivity contribution in [2.75, 3.05) is 7.05 Å². The second-order valence-corrected chi connectivity index (χ2v) is 5.28. The van der Waals surface area contributed by atoms with Gasteiger partial charge in [-0.15, -0.1) is 0 Å². The molecular formula is C16H24N2O3. The molecule has 0 saturated heterocycles. The highest BCUT2D eigenvalue weighted by molar-refractivity contribution is 5.82. The molecule has 0 aliphatic rings. The maximum Gasteiger partial charge on any atom is 0.326 e. The smallest absolute Gasteiger partial charge is 0.326 e. The molecule has 0 heterocycles. The molecule has 21 heavy (non-hydrogen) atoms. The van der Waals surface area contributed by atoms with Crippen molar-refractivity contribution in [3.8, 4) is 0 Å². The van der Waals surface area contributed by atoms with Crippen LogP contribution in [-0.2, 0) is 11.2 Å². The van der Waals surface area contributed by atoms with Gasteiger partial charge in [0.05, 0.1) is 0 Å². The summed E-state index contributed by atoms with van der Waals surface area (Å²) in [5, 5.41) is 11.9. The van der Waals surface area contributed by atoms with Gasteiger partial charge in [0, 0.05) is 19.5 Å². The highest BCUT2D eigenvalue weighted by Gasteiger charge is 2.23. The molecule has 5 nitrogen and oxygen atoms in total. The van der Waals surface area contributed by atoms with Gasteiger partial charge in [-0.3, -0.25) is 0 Å². The van der Waals surface area contributed by atoms with Gasteiger partial charge in [0.15, 0.2) is 0 Å². The summed E-state index contributed by atoms with van der Waals surface area (Å²) in [5.74, 6) is -1.02. The van der Waals surface area contributed by atoms with Gasteiger partial charge in [0.25, 0.3) is 0 Å². The van der Waals surface area contributed by atoms with E-state index >= 15 is 0 Å². The van der Waals surface area contributed by atoms with Crippen LogP contribution < -0.4 is 5.32 Å². The molecule has 1 rings (SSSR count). The van der Waals surface area contributed by atoms with Crippen LogP contribution in [0.3, 0.4) is 0 Å². The number of carboxylic acids is 1. The fraction of sp³-hybridized carbons (Fsp3) is 0.500. The molecule has 1 aromatic rings. The number of aliphatic carboxylic acids is 1. The summed E-state index contributed by atoms with van der Waals surface area (Å²) in [6.45, 7) is 4.01. The zero-order chi connectivity index (χ0) is 15.8. The van der Waals surface area contributed by atoms with Crippen molar-refractivity contribution < 1.29 is 14.7 Å². The molecule has 2 atom stereocenters. The van der Waals surface area contributed by atoms with Crippen LogP contribution in [0.4, 0.5) is 4.79 Å². The van der Waals surface area contributed by atoms with Crippen molar-refractivity contribution in [2.45, 2.75) is 45.2 Å². The SMILES string of the molecule is CCCC(C)N(C)C(=O)NC(Cc1ccccc1)C(=O)O. The number of carbonyl (C=O) groups is 2. The Morgan fingerprint density at radius 2 is 1.90 bits per heavy atom. The van der Waals surface area contributed by atoms with E-state index in [1.54, 1.807) is 11.9 Å². The van der Waals surface area contributed by atoms with Gasteiger partial charge in [0.2, 0.25) is 0 Å². The Kier molecular flexibility index (Phi) is 6.72. The molecule has 116 valence electrons. The topological polar surface area (TPSA) is 69.6 Å². The Labute approximate surface area is 126 Å². The number of carbonyl (C=O) groups excluding carboxylic acids is 1. The molecule has 0 aliphatic heterocycles. The van der Waals surface area contributed by atoms with Crippen LogP contribution in [0.5, 0.6) is 0 Å². The van der Waals surface area contributed by atoms with Crippen molar-refractivity contribution in [1.29, 1.82) is 0 Å². The third kappa shape index (κ3) is 5.45. The van der Waals surface area contributed by atoms with Crippen LogP contribution in [0.2, 0.25) is 0 Å². The van der Waals surface area contributed by atoms with Crippen molar-refractivity contribution in [1.82, 2.24) is 10.2 Å². The van der Waals surface area contributed by atoms with E-state index in [0.717, 1.165) is 18.4 Å². The number of amides is 2. The van der Waals surface area contributed by atoms with Crippen LogP contribution in [0.15, 0.2) is 30.3 Å². The summed E-state index contributed by atoms with van der Waals surface area (Å²) < 4.78 is 0. The van der Waals surface area contributed by atoms with E-state index in [0.29, 0.717) is 0 Å². The van der Waals surface area contributed by atoms with Crippen LogP contribution in [0, 0.1) is 0 Å². The van der Waals surface area contributed by atoms with E-state index in [1.807, 2.05) is 37.3 Å². The Morgan fingerprint density at radius 3 is 2.43 bits per heavy atom. The first-order chi connectivity index (χ1) is 9.95. The molecule has 0 bridgehead atoms. The fourth-order valence-electron chi connectivity index (χ4n) is 2.11. The van der Waals surface area contributed by atoms with E-state index in [1.165, 1.54) is 0 Å². The number of urea groups is 1. The van der Waals surface area contributed by atoms with Gasteiger partial charge in [-0.05, 0) is 18.9 Å². The van der Waals surface area contributed by atoms with Crippen LogP contribution in [0.1, 0.15) is 32.3 Å². The summed E-state index contributed by atoms with van der Waals surface area (Å²) >= 11 is 0. The van der Waals surface area contributed by atoms with Crippen molar-refractivity contribution in [2.24, 2.45) is 0 Å². The molecular weight excluding hydrogens is 268 g/mol. The van der Waals surface area contributed by atoms with E-state index < -0.39 is 12.0 Å². The lowest BCUT2D eigenvalue weighted by Crippen LogP contribution is -2.50. The number of rotatable bonds is 7. The minimum Gasteiger partial charge on any atom is -0.480 e. The lowest BCUT2D eigenvalue weighted by Gasteiger charge is -2.26. The monoisotopic (exact) mass is 292 g/mol. The molecule has 0 aromatic heterocycles. The third-order valence-corrected chi connectivity index (χ3v) is 3.57. The third-order valence-electron chi connectivity index (χ3n) is 3.57. The van der Waals surface area contributed by atoms with Gasteiger partial charge >= 0.3 is 12.0 Å². The molecule has 0 saturated carbocycles. The summed E-state index contributed by atoms with van der Waals surface area (Å²) in [6.07, 6.45) is 2.14. The Hall–Kier alpha value is -2.04. The average molecular weight is 292 g/mol. The van der Waals surface area contributed by atoms with Crippen LogP contribution in [0.25, 0.3) is 0 Å². The molecule has 2 amide bonds. The first-order valence-electron chi connectivity index (χ1n) is 7.25. The predicted molar refractivity (Wildman–Crippen MR) is 82.2 cm³/mol. The van der Waals surface area contributed by atoms with Crippen LogP contribution >= 0.6 is 0 Å². The Morgan fingerprint density at radius 1 is 1.29 bits per heavy atom. The van der Waals surface area contributed by atoms with E-state index in [-0.39, 0.29) is 18.5 Å². The van der Waals surface area contributed by atoms with Gasteiger partial charge in [-0.25, -0.2) is 9.59 Å². The van der Waals surface area contributed by atoms with E-state index in [2.05, 4.69) is 12.2 Å². The lowest BCUT2D eigenvalue weighted by atomic mass is 10.1. The lowest BCUT2D eigenvalue weighted by molar-refractivity contribution is -0.139. The molecule has 2 unspecified atom stereocenters. The molecule has 0 radical (unpaired) electrons. The zero-order valence-corrected chi connectivity index (χ0v) is 12.9. The first kappa shape index (κ1) is 17.0. The molecule has 5 heteroatoms. The van der Waals surface area contributed by atoms with Crippen molar-refractivity contribution in [3.63, 3.8) is 0 Å². The van der Waals surface area contributed by atoms with Gasteiger partial charge < -0.3 is 15.3 Å². The van der Waals surface area contributed by atoms with Gasteiger partial charge in [-0.2, -0.15) is 0 Å². The summed E-state index contributed by atoms with van der Waals surface area (Å²) in [6, 6.07) is 8.10. The largest absolute Gasteiger partial charge is 0.480 e. The van der Waals surface area contributed by atoms with Gasteiger partial charge in [0.1, 0.15) is 6.04 Å². The predicted octanol–water partition coefficient (Wildman–Crippen LogP) is 2.51. The van der Waals surface area contributed by atoms with Crippen molar-refractivity contribution in [3.05, 3.63) is 35.9 Å². The standard InChI is InChI=1S/C16H24N2O3/c1-4-8-12(2)18(3)16(21)17-14(15(19)20)11-13-9-6-5-7-10-13/h5-7,9-10,12,14H,4,8,11H2,1-3H3,(H,17,21)(H,19,20). The van der Waals surface area contributed by atoms with E-state index in [9.17, 15) is 14.7 Å². The second-order valence-electron chi connectivity index (χ2n) is 5.28. The molecule has 0 aliphatic carbocycles. The highest BCUT2D eigenvalue weighted by Crippen LogP contribution is 2.07. The summed E-state index contributed by atoms with van der Waals surface area (Å²) in [4.78, 5) is 25.0. The average Bonchev–Trinajstić information content (AvgIpc) is 2.46. The minimum atomic E-state index is -1.02. The molecule has 0 fully saturated rings. The molecule has 2 N–H and O–H groups in total. The van der Waals surface area contributed by atoms with Gasteiger partial charge in [-0.1, -0.05) is 43.7 Å². The minimum absolute atomic E-state index is 0.0844. The van der Waals surface area contributed by atoms with Crippen molar-refractivity contribution >= 4 is 12.0 Å². The second kappa shape index (κ2) is 8.29. The normalized spacial score (nSPS) is 13.3. The number of nitrogens with one attached hydrogen (secondary N) is 1. The highest BCUT2D eigenvalue weighted by atomic mass is 16.4. The quantitative estimate of drug-likeness (QED) is 0.811. The maximum atomic E-state index is 12.1. The zero-order valence-electron chi connectivity index (χ0n) is 12.9. The number of nitrogens with zero attached hydrogens (tertiary/aromatic N) is 1. The molecule has 1 aromatic carbocycles. The number of hydrogen-bond acceptors (Lipinski definition) is 2. The maximum absolute atomic E-state index is 12.1. The molecule has 0 spiro atoms. The number of hydrogen-bond donors (Lipinski definition) is 2. The first-order valence-corrected chi connectivity index (χ1v) is 7.25. The Bertz CT molecular complexity index is 462. The van der Waals surface area contributed by atoms with Crippen LogP contribution in [-0.4, -0.2) is 41.1 Å². The van der Waals surface area contributed by atoms with E-state index in [4.69, 9.17) is 0 Å². The Balaban J connectivity index is 2.66. The number of carboxylic acid groups (broad SMARTS) is 1. The summed E-state index contributed by atoms with van der Waals surface area (Å²) in [7, 11) is 1.69. The number of benzene rings is 1.